The van der Waals surface area contributed by atoms with Gasteiger partial charge in [0.2, 0.25) is 0 Å². The summed E-state index contributed by atoms with van der Waals surface area (Å²) in [4.78, 5) is 16.1. The minimum atomic E-state index is -0.560. The van der Waals surface area contributed by atoms with E-state index in [1.807, 2.05) is 12.1 Å². The standard InChI is InChI=1S/C19H17ClFN3O2/c1-2-26-18(25)12-22-24(15-9-7-14(21)8-10-15)16-5-3-4-13-6-11-17(20)23-19(13)16/h5-12H,2-4H2,1H3/b22-12+. The SMILES string of the molecule is CCOC(=O)/C=N/N(C1=CCCc2ccc(Cl)nc21)c1ccc(F)cc1. The number of rotatable bonds is 5. The first-order valence-corrected chi connectivity index (χ1v) is 8.58. The number of halogens is 2. The van der Waals surface area contributed by atoms with Crippen molar-refractivity contribution in [3.8, 4) is 0 Å². The molecule has 5 nitrogen and oxygen atoms in total. The van der Waals surface area contributed by atoms with Crippen molar-refractivity contribution in [2.75, 3.05) is 11.6 Å². The molecule has 0 amide bonds. The number of fused-ring (bicyclic) bond motifs is 1. The molecule has 1 aromatic carbocycles. The summed E-state index contributed by atoms with van der Waals surface area (Å²) in [7, 11) is 0. The molecule has 0 radical (unpaired) electrons. The average Bonchev–Trinajstić information content (AvgIpc) is 2.63. The van der Waals surface area contributed by atoms with Gasteiger partial charge in [-0.25, -0.2) is 19.2 Å². The van der Waals surface area contributed by atoms with Gasteiger partial charge in [-0.15, -0.1) is 0 Å². The molecule has 0 spiro atoms. The Bertz CT molecular complexity index is 866. The maximum atomic E-state index is 13.3. The molecule has 0 N–H and O–H groups in total. The van der Waals surface area contributed by atoms with E-state index >= 15 is 0 Å². The van der Waals surface area contributed by atoms with Crippen LogP contribution in [0, 0.1) is 5.82 Å². The number of carbonyl (C=O) groups excluding carboxylic acids is 1. The van der Waals surface area contributed by atoms with E-state index in [1.165, 1.54) is 17.1 Å². The molecule has 2 aromatic rings. The average molecular weight is 374 g/mol. The second-order valence-corrected chi connectivity index (χ2v) is 5.94. The molecule has 26 heavy (non-hydrogen) atoms. The molecule has 134 valence electrons. The van der Waals surface area contributed by atoms with Crippen LogP contribution in [0.15, 0.2) is 47.6 Å². The zero-order valence-electron chi connectivity index (χ0n) is 14.2. The van der Waals surface area contributed by atoms with Gasteiger partial charge in [-0.2, -0.15) is 5.10 Å². The molecule has 0 saturated carbocycles. The highest BCUT2D eigenvalue weighted by Crippen LogP contribution is 2.32. The zero-order chi connectivity index (χ0) is 18.5. The van der Waals surface area contributed by atoms with Gasteiger partial charge in [0, 0.05) is 0 Å². The number of benzene rings is 1. The lowest BCUT2D eigenvalue weighted by molar-refractivity contribution is -0.134. The predicted molar refractivity (Wildman–Crippen MR) is 99.5 cm³/mol. The highest BCUT2D eigenvalue weighted by atomic mass is 35.5. The Labute approximate surface area is 155 Å². The number of allylic oxidation sites excluding steroid dienone is 1. The normalized spacial score (nSPS) is 13.3. The lowest BCUT2D eigenvalue weighted by atomic mass is 9.99. The molecule has 1 heterocycles. The van der Waals surface area contributed by atoms with Crippen LogP contribution in [0.1, 0.15) is 24.6 Å². The number of nitrogens with zero attached hydrogens (tertiary/aromatic N) is 3. The first-order valence-electron chi connectivity index (χ1n) is 8.21. The van der Waals surface area contributed by atoms with Gasteiger partial charge in [0.25, 0.3) is 0 Å². The second-order valence-electron chi connectivity index (χ2n) is 5.55. The minimum Gasteiger partial charge on any atom is -0.462 e. The Morgan fingerprint density at radius 2 is 2.12 bits per heavy atom. The molecule has 1 aliphatic rings. The third-order valence-corrected chi connectivity index (χ3v) is 4.01. The number of carbonyl (C=O) groups is 1. The van der Waals surface area contributed by atoms with Gasteiger partial charge in [-0.05, 0) is 55.7 Å². The summed E-state index contributed by atoms with van der Waals surface area (Å²) in [5, 5.41) is 6.16. The zero-order valence-corrected chi connectivity index (χ0v) is 14.9. The molecular weight excluding hydrogens is 357 g/mol. The number of pyridine rings is 1. The van der Waals surface area contributed by atoms with Crippen LogP contribution in [0.4, 0.5) is 10.1 Å². The van der Waals surface area contributed by atoms with Crippen molar-refractivity contribution in [3.63, 3.8) is 0 Å². The van der Waals surface area contributed by atoms with E-state index in [9.17, 15) is 9.18 Å². The summed E-state index contributed by atoms with van der Waals surface area (Å²) in [6.07, 6.45) is 4.68. The second kappa shape index (κ2) is 8.10. The van der Waals surface area contributed by atoms with Crippen molar-refractivity contribution in [1.29, 1.82) is 0 Å². The van der Waals surface area contributed by atoms with Crippen molar-refractivity contribution in [1.82, 2.24) is 4.98 Å². The van der Waals surface area contributed by atoms with Gasteiger partial charge in [0.1, 0.15) is 17.2 Å². The summed E-state index contributed by atoms with van der Waals surface area (Å²) in [5.41, 5.74) is 2.99. The summed E-state index contributed by atoms with van der Waals surface area (Å²) in [6, 6.07) is 9.49. The first-order chi connectivity index (χ1) is 12.6. The van der Waals surface area contributed by atoms with E-state index in [2.05, 4.69) is 10.1 Å². The smallest absolute Gasteiger partial charge is 0.351 e. The number of aromatic nitrogens is 1. The number of hydrazone groups is 1. The fourth-order valence-corrected chi connectivity index (χ4v) is 2.82. The number of hydrogen-bond donors (Lipinski definition) is 0. The van der Waals surface area contributed by atoms with Gasteiger partial charge in [-0.3, -0.25) is 0 Å². The molecular formula is C19H17ClFN3O2. The maximum absolute atomic E-state index is 13.3. The van der Waals surface area contributed by atoms with E-state index in [-0.39, 0.29) is 12.4 Å². The Hall–Kier alpha value is -2.73. The number of hydrogen-bond acceptors (Lipinski definition) is 5. The van der Waals surface area contributed by atoms with Crippen LogP contribution in [-0.2, 0) is 16.0 Å². The van der Waals surface area contributed by atoms with Gasteiger partial charge in [-0.1, -0.05) is 23.7 Å². The van der Waals surface area contributed by atoms with E-state index in [0.717, 1.165) is 24.6 Å². The summed E-state index contributed by atoms with van der Waals surface area (Å²) in [5.74, 6) is -0.919. The quantitative estimate of drug-likeness (QED) is 0.341. The molecule has 0 atom stereocenters. The van der Waals surface area contributed by atoms with Gasteiger partial charge < -0.3 is 4.74 Å². The predicted octanol–water partition coefficient (Wildman–Crippen LogP) is 4.22. The Kier molecular flexibility index (Phi) is 5.63. The van der Waals surface area contributed by atoms with E-state index in [4.69, 9.17) is 16.3 Å². The summed E-state index contributed by atoms with van der Waals surface area (Å²) >= 11 is 6.06. The molecule has 7 heteroatoms. The Balaban J connectivity index is 2.03. The number of ether oxygens (including phenoxy) is 1. The monoisotopic (exact) mass is 373 g/mol. The third kappa shape index (κ3) is 4.08. The lowest BCUT2D eigenvalue weighted by Crippen LogP contribution is -2.21. The number of anilines is 1. The van der Waals surface area contributed by atoms with Crippen molar-refractivity contribution in [2.24, 2.45) is 5.10 Å². The van der Waals surface area contributed by atoms with Crippen molar-refractivity contribution in [3.05, 3.63) is 64.7 Å². The van der Waals surface area contributed by atoms with Crippen LogP contribution in [0.25, 0.3) is 5.70 Å². The van der Waals surface area contributed by atoms with Gasteiger partial charge in [0.15, 0.2) is 0 Å². The van der Waals surface area contributed by atoms with Crippen LogP contribution in [0.2, 0.25) is 5.15 Å². The Morgan fingerprint density at radius 3 is 2.85 bits per heavy atom. The molecule has 0 aliphatic heterocycles. The van der Waals surface area contributed by atoms with Crippen LogP contribution in [-0.4, -0.2) is 23.8 Å². The van der Waals surface area contributed by atoms with E-state index in [0.29, 0.717) is 22.2 Å². The number of esters is 1. The number of aryl methyl sites for hydroxylation is 1. The van der Waals surface area contributed by atoms with E-state index in [1.54, 1.807) is 25.1 Å². The van der Waals surface area contributed by atoms with Gasteiger partial charge in [0.05, 0.1) is 23.7 Å². The lowest BCUT2D eigenvalue weighted by Gasteiger charge is -2.26. The molecule has 0 bridgehead atoms. The van der Waals surface area contributed by atoms with Crippen molar-refractivity contribution >= 4 is 35.2 Å². The topological polar surface area (TPSA) is 54.8 Å². The summed E-state index contributed by atoms with van der Waals surface area (Å²) in [6.45, 7) is 1.97. The van der Waals surface area contributed by atoms with Crippen LogP contribution >= 0.6 is 11.6 Å². The highest BCUT2D eigenvalue weighted by molar-refractivity contribution is 6.29. The Morgan fingerprint density at radius 1 is 1.35 bits per heavy atom. The van der Waals surface area contributed by atoms with Crippen LogP contribution in [0.5, 0.6) is 0 Å². The van der Waals surface area contributed by atoms with Crippen LogP contribution < -0.4 is 5.01 Å². The van der Waals surface area contributed by atoms with Gasteiger partial charge >= 0.3 is 5.97 Å². The van der Waals surface area contributed by atoms with Crippen molar-refractivity contribution < 1.29 is 13.9 Å². The highest BCUT2D eigenvalue weighted by Gasteiger charge is 2.21. The molecule has 1 aromatic heterocycles. The fraction of sp³-hybridized carbons (Fsp3) is 0.211. The molecule has 0 saturated heterocycles. The minimum absolute atomic E-state index is 0.254. The fourth-order valence-electron chi connectivity index (χ4n) is 2.67. The van der Waals surface area contributed by atoms with Crippen LogP contribution in [0.3, 0.4) is 0 Å². The molecule has 0 unspecified atom stereocenters. The summed E-state index contributed by atoms with van der Waals surface area (Å²) < 4.78 is 18.2. The third-order valence-electron chi connectivity index (χ3n) is 3.80. The van der Waals surface area contributed by atoms with E-state index < -0.39 is 5.97 Å². The van der Waals surface area contributed by atoms with Crippen molar-refractivity contribution in [2.45, 2.75) is 19.8 Å². The molecule has 3 rings (SSSR count). The molecule has 1 aliphatic carbocycles. The largest absolute Gasteiger partial charge is 0.462 e. The maximum Gasteiger partial charge on any atom is 0.351 e. The molecule has 0 fully saturated rings. The first kappa shape index (κ1) is 18.1.